The minimum absolute atomic E-state index is 0.137. The van der Waals surface area contributed by atoms with E-state index in [-0.39, 0.29) is 18.4 Å². The molecule has 0 bridgehead atoms. The van der Waals surface area contributed by atoms with Crippen molar-refractivity contribution >= 4 is 33.5 Å². The first-order valence-electron chi connectivity index (χ1n) is 13.2. The molecule has 1 aliphatic rings. The molecule has 0 radical (unpaired) electrons. The summed E-state index contributed by atoms with van der Waals surface area (Å²) in [7, 11) is 0. The lowest BCUT2D eigenvalue weighted by Crippen LogP contribution is -2.15. The van der Waals surface area contributed by atoms with Gasteiger partial charge in [0.2, 0.25) is 0 Å². The number of fused-ring (bicyclic) bond motifs is 2. The average molecular weight is 523 g/mol. The van der Waals surface area contributed by atoms with Gasteiger partial charge in [-0.25, -0.2) is 4.98 Å². The van der Waals surface area contributed by atoms with Crippen LogP contribution in [0.4, 0.5) is 5.82 Å². The zero-order valence-corrected chi connectivity index (χ0v) is 21.8. The van der Waals surface area contributed by atoms with Crippen LogP contribution in [0.25, 0.3) is 32.8 Å². The van der Waals surface area contributed by atoms with E-state index in [1.807, 2.05) is 42.5 Å². The van der Waals surface area contributed by atoms with Crippen LogP contribution in [0.3, 0.4) is 0 Å². The van der Waals surface area contributed by atoms with Crippen LogP contribution in [0.15, 0.2) is 72.9 Å². The lowest BCUT2D eigenvalue weighted by Gasteiger charge is -2.16. The fourth-order valence-corrected chi connectivity index (χ4v) is 5.27. The summed E-state index contributed by atoms with van der Waals surface area (Å²) in [5.74, 6) is 0.894. The number of aromatic nitrogens is 3. The van der Waals surface area contributed by atoms with Gasteiger partial charge in [-0.05, 0) is 54.1 Å². The van der Waals surface area contributed by atoms with E-state index in [2.05, 4.69) is 33.9 Å². The van der Waals surface area contributed by atoms with Gasteiger partial charge < -0.3 is 19.9 Å². The minimum Gasteiger partial charge on any atom is -0.487 e. The lowest BCUT2D eigenvalue weighted by atomic mass is 9.97. The number of nitrogens with zero attached hydrogens (tertiary/aromatic N) is 3. The van der Waals surface area contributed by atoms with Crippen LogP contribution in [0.5, 0.6) is 5.75 Å². The highest BCUT2D eigenvalue weighted by molar-refractivity contribution is 6.02. The molecule has 8 nitrogen and oxygen atoms in total. The van der Waals surface area contributed by atoms with Crippen LogP contribution in [0, 0.1) is 0 Å². The summed E-state index contributed by atoms with van der Waals surface area (Å²) in [6.45, 7) is 3.77. The van der Waals surface area contributed by atoms with Gasteiger partial charge in [0.25, 0.3) is 0 Å². The monoisotopic (exact) mass is 522 g/mol. The first-order valence-corrected chi connectivity index (χ1v) is 13.2. The first kappa shape index (κ1) is 24.9. The van der Waals surface area contributed by atoms with Crippen molar-refractivity contribution in [3.05, 3.63) is 84.2 Å². The van der Waals surface area contributed by atoms with E-state index in [1.165, 1.54) is 0 Å². The minimum atomic E-state index is -0.275. The van der Waals surface area contributed by atoms with Crippen molar-refractivity contribution in [2.45, 2.75) is 32.4 Å². The third-order valence-corrected chi connectivity index (χ3v) is 7.18. The molecule has 5 aromatic rings. The molecule has 2 N–H and O–H groups in total. The summed E-state index contributed by atoms with van der Waals surface area (Å²) in [4.78, 5) is 16.4. The Morgan fingerprint density at radius 2 is 1.97 bits per heavy atom. The Morgan fingerprint density at radius 1 is 1.08 bits per heavy atom. The molecule has 0 saturated carbocycles. The molecule has 1 atom stereocenters. The molecule has 2 aromatic heterocycles. The molecular weight excluding hydrogens is 492 g/mol. The number of benzene rings is 3. The SMILES string of the molecule is CCOC(=O)Cc1ccccc1OCc1c2cc(-c3cccc4c(N)nccc34)ccc2nn1C1CCOC1. The number of nitrogens with two attached hydrogens (primary N) is 1. The molecule has 3 aromatic carbocycles. The smallest absolute Gasteiger partial charge is 0.310 e. The predicted molar refractivity (Wildman–Crippen MR) is 150 cm³/mol. The second-order valence-corrected chi connectivity index (χ2v) is 9.62. The molecule has 39 heavy (non-hydrogen) atoms. The van der Waals surface area contributed by atoms with Crippen LogP contribution in [-0.4, -0.2) is 40.6 Å². The Morgan fingerprint density at radius 3 is 2.82 bits per heavy atom. The molecule has 1 unspecified atom stereocenters. The number of para-hydroxylation sites is 1. The molecule has 0 amide bonds. The zero-order chi connectivity index (χ0) is 26.8. The molecule has 0 spiro atoms. The van der Waals surface area contributed by atoms with Crippen LogP contribution in [0.1, 0.15) is 30.6 Å². The number of anilines is 1. The van der Waals surface area contributed by atoms with Crippen molar-refractivity contribution in [2.75, 3.05) is 25.6 Å². The maximum atomic E-state index is 12.2. The van der Waals surface area contributed by atoms with E-state index in [0.29, 0.717) is 38.0 Å². The lowest BCUT2D eigenvalue weighted by molar-refractivity contribution is -0.142. The molecule has 8 heteroatoms. The normalized spacial score (nSPS) is 15.2. The summed E-state index contributed by atoms with van der Waals surface area (Å²) < 4.78 is 19.3. The molecule has 0 aliphatic carbocycles. The van der Waals surface area contributed by atoms with Gasteiger partial charge in [0.05, 0.1) is 36.9 Å². The van der Waals surface area contributed by atoms with Crippen molar-refractivity contribution in [1.82, 2.24) is 14.8 Å². The predicted octanol–water partition coefficient (Wildman–Crippen LogP) is 5.48. The van der Waals surface area contributed by atoms with Gasteiger partial charge in [0, 0.05) is 29.1 Å². The summed E-state index contributed by atoms with van der Waals surface area (Å²) in [5.41, 5.74) is 11.0. The largest absolute Gasteiger partial charge is 0.487 e. The molecule has 3 heterocycles. The van der Waals surface area contributed by atoms with Gasteiger partial charge >= 0.3 is 5.97 Å². The maximum Gasteiger partial charge on any atom is 0.310 e. The first-order chi connectivity index (χ1) is 19.1. The molecule has 6 rings (SSSR count). The maximum absolute atomic E-state index is 12.2. The summed E-state index contributed by atoms with van der Waals surface area (Å²) in [6, 6.07) is 22.1. The summed E-state index contributed by atoms with van der Waals surface area (Å²) in [6.07, 6.45) is 2.79. The number of carbonyl (C=O) groups is 1. The highest BCUT2D eigenvalue weighted by atomic mass is 16.5. The standard InChI is InChI=1S/C31H30N4O4/c1-2-38-30(36)17-21-6-3-4-9-29(21)39-19-28-26-16-20(10-11-27(26)34-35(28)22-13-15-37-18-22)23-7-5-8-25-24(23)12-14-33-31(25)32/h3-12,14,16,22H,2,13,15,17-19H2,1H3,(H2,32,33). The van der Waals surface area contributed by atoms with Gasteiger partial charge in [-0.3, -0.25) is 9.48 Å². The van der Waals surface area contributed by atoms with Gasteiger partial charge in [-0.1, -0.05) is 42.5 Å². The Bertz CT molecular complexity index is 1660. The van der Waals surface area contributed by atoms with Gasteiger partial charge in [-0.2, -0.15) is 5.10 Å². The Kier molecular flexibility index (Phi) is 6.85. The Labute approximate surface area is 226 Å². The second kappa shape index (κ2) is 10.7. The quantitative estimate of drug-likeness (QED) is 0.269. The number of hydrogen-bond donors (Lipinski definition) is 1. The number of nitrogen functional groups attached to an aromatic ring is 1. The van der Waals surface area contributed by atoms with Gasteiger partial charge in [-0.15, -0.1) is 0 Å². The topological polar surface area (TPSA) is 101 Å². The van der Waals surface area contributed by atoms with Crippen molar-refractivity contribution in [3.63, 3.8) is 0 Å². The van der Waals surface area contributed by atoms with Crippen molar-refractivity contribution < 1.29 is 19.0 Å². The highest BCUT2D eigenvalue weighted by Crippen LogP contribution is 2.35. The third-order valence-electron chi connectivity index (χ3n) is 7.18. The third kappa shape index (κ3) is 4.91. The van der Waals surface area contributed by atoms with Crippen molar-refractivity contribution in [2.24, 2.45) is 0 Å². The summed E-state index contributed by atoms with van der Waals surface area (Å²) >= 11 is 0. The molecule has 1 aliphatic heterocycles. The van der Waals surface area contributed by atoms with Gasteiger partial charge in [0.1, 0.15) is 18.2 Å². The molecular formula is C31H30N4O4. The molecule has 1 saturated heterocycles. The van der Waals surface area contributed by atoms with Crippen LogP contribution < -0.4 is 10.5 Å². The number of ether oxygens (including phenoxy) is 3. The van der Waals surface area contributed by atoms with E-state index in [1.54, 1.807) is 13.1 Å². The van der Waals surface area contributed by atoms with Crippen molar-refractivity contribution in [3.8, 4) is 16.9 Å². The Hall–Kier alpha value is -4.43. The van der Waals surface area contributed by atoms with E-state index in [4.69, 9.17) is 25.0 Å². The van der Waals surface area contributed by atoms with Crippen molar-refractivity contribution in [1.29, 1.82) is 0 Å². The zero-order valence-electron chi connectivity index (χ0n) is 21.8. The molecule has 198 valence electrons. The molecule has 1 fully saturated rings. The fourth-order valence-electron chi connectivity index (χ4n) is 5.27. The van der Waals surface area contributed by atoms with Gasteiger partial charge in [0.15, 0.2) is 0 Å². The highest BCUT2D eigenvalue weighted by Gasteiger charge is 2.24. The fraction of sp³-hybridized carbons (Fsp3) is 0.258. The van der Waals surface area contributed by atoms with Crippen LogP contribution in [-0.2, 0) is 27.3 Å². The number of carbonyl (C=O) groups excluding carboxylic acids is 1. The second-order valence-electron chi connectivity index (χ2n) is 9.62. The van der Waals surface area contributed by atoms with E-state index >= 15 is 0 Å². The summed E-state index contributed by atoms with van der Waals surface area (Å²) in [5, 5.41) is 7.96. The number of rotatable bonds is 8. The van der Waals surface area contributed by atoms with Crippen LogP contribution >= 0.6 is 0 Å². The number of hydrogen-bond acceptors (Lipinski definition) is 7. The van der Waals surface area contributed by atoms with E-state index < -0.39 is 0 Å². The number of pyridine rings is 1. The van der Waals surface area contributed by atoms with Crippen LogP contribution in [0.2, 0.25) is 0 Å². The Balaban J connectivity index is 1.40. The van der Waals surface area contributed by atoms with E-state index in [9.17, 15) is 4.79 Å². The number of esters is 1. The average Bonchev–Trinajstić information content (AvgIpc) is 3.61. The van der Waals surface area contributed by atoms with E-state index in [0.717, 1.165) is 50.5 Å².